The predicted molar refractivity (Wildman–Crippen MR) is 92.3 cm³/mol. The molecule has 0 atom stereocenters. The second-order valence-corrected chi connectivity index (χ2v) is 4.93. The van der Waals surface area contributed by atoms with Crippen LogP contribution in [0.1, 0.15) is 23.7 Å². The molecular weight excluding hydrogens is 290 g/mol. The third kappa shape index (κ3) is 4.88. The Morgan fingerprint density at radius 1 is 1.17 bits per heavy atom. The van der Waals surface area contributed by atoms with E-state index in [1.807, 2.05) is 37.3 Å². The Balaban J connectivity index is 2.11. The number of ether oxygens (including phenoxy) is 2. The van der Waals surface area contributed by atoms with Crippen LogP contribution in [0.25, 0.3) is 0 Å². The number of anilines is 1. The van der Waals surface area contributed by atoms with E-state index in [9.17, 15) is 4.79 Å². The zero-order chi connectivity index (χ0) is 16.5. The van der Waals surface area contributed by atoms with Gasteiger partial charge in [0.15, 0.2) is 0 Å². The van der Waals surface area contributed by atoms with E-state index in [4.69, 9.17) is 9.47 Å². The molecule has 2 aromatic carbocycles. The number of benzene rings is 2. The molecular formula is C19H21NO3. The number of hydrogen-bond acceptors (Lipinski definition) is 3. The summed E-state index contributed by atoms with van der Waals surface area (Å²) in [6, 6.07) is 14.5. The first kappa shape index (κ1) is 16.6. The molecule has 1 amide bonds. The van der Waals surface area contributed by atoms with Gasteiger partial charge < -0.3 is 14.8 Å². The van der Waals surface area contributed by atoms with Crippen LogP contribution in [0.4, 0.5) is 5.69 Å². The van der Waals surface area contributed by atoms with Gasteiger partial charge in [0.2, 0.25) is 0 Å². The van der Waals surface area contributed by atoms with Crippen molar-refractivity contribution in [2.24, 2.45) is 0 Å². The lowest BCUT2D eigenvalue weighted by Crippen LogP contribution is -2.14. The van der Waals surface area contributed by atoms with E-state index in [0.717, 1.165) is 6.42 Å². The zero-order valence-electron chi connectivity index (χ0n) is 13.2. The minimum atomic E-state index is -0.211. The van der Waals surface area contributed by atoms with Crippen LogP contribution < -0.4 is 14.8 Å². The maximum absolute atomic E-state index is 12.5. The topological polar surface area (TPSA) is 47.6 Å². The number of nitrogens with one attached hydrogen (secondary N) is 1. The predicted octanol–water partition coefficient (Wildman–Crippen LogP) is 4.29. The SMILES string of the molecule is C=CCOc1cccc(NC(=O)c2ccccc2OCCC)c1. The van der Waals surface area contributed by atoms with Crippen molar-refractivity contribution >= 4 is 11.6 Å². The maximum Gasteiger partial charge on any atom is 0.259 e. The highest BCUT2D eigenvalue weighted by molar-refractivity contribution is 6.06. The van der Waals surface area contributed by atoms with E-state index in [2.05, 4.69) is 11.9 Å². The second-order valence-electron chi connectivity index (χ2n) is 4.93. The average molecular weight is 311 g/mol. The van der Waals surface area contributed by atoms with Gasteiger partial charge in [0.05, 0.1) is 12.2 Å². The highest BCUT2D eigenvalue weighted by Crippen LogP contribution is 2.22. The Morgan fingerprint density at radius 3 is 2.78 bits per heavy atom. The van der Waals surface area contributed by atoms with E-state index >= 15 is 0 Å². The molecule has 4 heteroatoms. The number of rotatable bonds is 8. The van der Waals surface area contributed by atoms with Crippen molar-refractivity contribution in [3.8, 4) is 11.5 Å². The molecule has 0 aliphatic heterocycles. The smallest absolute Gasteiger partial charge is 0.259 e. The first-order valence-electron chi connectivity index (χ1n) is 7.61. The molecule has 0 saturated carbocycles. The zero-order valence-corrected chi connectivity index (χ0v) is 13.2. The van der Waals surface area contributed by atoms with Gasteiger partial charge in [-0.15, -0.1) is 0 Å². The molecule has 0 saturated heterocycles. The van der Waals surface area contributed by atoms with Gasteiger partial charge in [-0.1, -0.05) is 37.8 Å². The van der Waals surface area contributed by atoms with E-state index in [1.54, 1.807) is 24.3 Å². The van der Waals surface area contributed by atoms with Crippen molar-refractivity contribution in [2.45, 2.75) is 13.3 Å². The van der Waals surface area contributed by atoms with Gasteiger partial charge in [0, 0.05) is 11.8 Å². The monoisotopic (exact) mass is 311 g/mol. The van der Waals surface area contributed by atoms with Crippen LogP contribution in [0.2, 0.25) is 0 Å². The number of hydrogen-bond donors (Lipinski definition) is 1. The van der Waals surface area contributed by atoms with Crippen molar-refractivity contribution in [3.63, 3.8) is 0 Å². The Labute approximate surface area is 136 Å². The first-order valence-corrected chi connectivity index (χ1v) is 7.61. The van der Waals surface area contributed by atoms with E-state index in [0.29, 0.717) is 36.0 Å². The van der Waals surface area contributed by atoms with Crippen LogP contribution in [0.15, 0.2) is 61.2 Å². The molecule has 0 fully saturated rings. The number of para-hydroxylation sites is 1. The van der Waals surface area contributed by atoms with Gasteiger partial charge in [-0.2, -0.15) is 0 Å². The lowest BCUT2D eigenvalue weighted by atomic mass is 10.2. The van der Waals surface area contributed by atoms with Crippen LogP contribution in [-0.4, -0.2) is 19.1 Å². The Kier molecular flexibility index (Phi) is 6.24. The summed E-state index contributed by atoms with van der Waals surface area (Å²) in [5.74, 6) is 1.06. The van der Waals surface area contributed by atoms with Crippen molar-refractivity contribution in [2.75, 3.05) is 18.5 Å². The summed E-state index contributed by atoms with van der Waals surface area (Å²) in [6.45, 7) is 6.64. The Morgan fingerprint density at radius 2 is 2.00 bits per heavy atom. The molecule has 0 unspecified atom stereocenters. The first-order chi connectivity index (χ1) is 11.2. The van der Waals surface area contributed by atoms with Crippen molar-refractivity contribution in [1.82, 2.24) is 0 Å². The molecule has 0 radical (unpaired) electrons. The summed E-state index contributed by atoms with van der Waals surface area (Å²) >= 11 is 0. The fourth-order valence-electron chi connectivity index (χ4n) is 2.01. The molecule has 4 nitrogen and oxygen atoms in total. The molecule has 120 valence electrons. The van der Waals surface area contributed by atoms with Crippen LogP contribution in [0.5, 0.6) is 11.5 Å². The summed E-state index contributed by atoms with van der Waals surface area (Å²) in [6.07, 6.45) is 2.56. The van der Waals surface area contributed by atoms with Gasteiger partial charge in [-0.3, -0.25) is 4.79 Å². The summed E-state index contributed by atoms with van der Waals surface area (Å²) in [7, 11) is 0. The van der Waals surface area contributed by atoms with Crippen molar-refractivity contribution in [3.05, 3.63) is 66.7 Å². The molecule has 1 N–H and O–H groups in total. The van der Waals surface area contributed by atoms with Gasteiger partial charge in [-0.25, -0.2) is 0 Å². The lowest BCUT2D eigenvalue weighted by molar-refractivity contribution is 0.102. The third-order valence-corrected chi connectivity index (χ3v) is 3.05. The van der Waals surface area contributed by atoms with Crippen molar-refractivity contribution < 1.29 is 14.3 Å². The van der Waals surface area contributed by atoms with Crippen LogP contribution in [0.3, 0.4) is 0 Å². The standard InChI is InChI=1S/C19H21NO3/c1-3-12-22-16-9-7-8-15(14-16)20-19(21)17-10-5-6-11-18(17)23-13-4-2/h3,5-11,14H,1,4,12-13H2,2H3,(H,20,21). The third-order valence-electron chi connectivity index (χ3n) is 3.05. The van der Waals surface area contributed by atoms with E-state index in [1.165, 1.54) is 0 Å². The lowest BCUT2D eigenvalue weighted by Gasteiger charge is -2.12. The summed E-state index contributed by atoms with van der Waals surface area (Å²) in [5.41, 5.74) is 1.18. The summed E-state index contributed by atoms with van der Waals surface area (Å²) < 4.78 is 11.1. The van der Waals surface area contributed by atoms with Crippen molar-refractivity contribution in [1.29, 1.82) is 0 Å². The second kappa shape index (κ2) is 8.63. The Hall–Kier alpha value is -2.75. The minimum Gasteiger partial charge on any atom is -0.493 e. The molecule has 0 heterocycles. The van der Waals surface area contributed by atoms with Crippen LogP contribution in [-0.2, 0) is 0 Å². The molecule has 0 aromatic heterocycles. The highest BCUT2D eigenvalue weighted by Gasteiger charge is 2.12. The number of carbonyl (C=O) groups is 1. The highest BCUT2D eigenvalue weighted by atomic mass is 16.5. The van der Waals surface area contributed by atoms with E-state index in [-0.39, 0.29) is 5.91 Å². The van der Waals surface area contributed by atoms with Gasteiger partial charge in [-0.05, 0) is 30.7 Å². The molecule has 0 bridgehead atoms. The molecule has 0 aliphatic rings. The summed E-state index contributed by atoms with van der Waals surface area (Å²) in [4.78, 5) is 12.5. The van der Waals surface area contributed by atoms with Crippen LogP contribution in [0, 0.1) is 0 Å². The van der Waals surface area contributed by atoms with Crippen LogP contribution >= 0.6 is 0 Å². The largest absolute Gasteiger partial charge is 0.493 e. The maximum atomic E-state index is 12.5. The summed E-state index contributed by atoms with van der Waals surface area (Å²) in [5, 5.41) is 2.87. The Bertz CT molecular complexity index is 667. The fraction of sp³-hybridized carbons (Fsp3) is 0.211. The minimum absolute atomic E-state index is 0.211. The number of amides is 1. The fourth-order valence-corrected chi connectivity index (χ4v) is 2.01. The van der Waals surface area contributed by atoms with Gasteiger partial charge >= 0.3 is 0 Å². The average Bonchev–Trinajstić information content (AvgIpc) is 2.58. The molecule has 2 aromatic rings. The quantitative estimate of drug-likeness (QED) is 0.740. The molecule has 0 spiro atoms. The van der Waals surface area contributed by atoms with Gasteiger partial charge in [0.1, 0.15) is 18.1 Å². The van der Waals surface area contributed by atoms with E-state index < -0.39 is 0 Å². The normalized spacial score (nSPS) is 9.96. The molecule has 0 aliphatic carbocycles. The number of carbonyl (C=O) groups excluding carboxylic acids is 1. The molecule has 2 rings (SSSR count). The van der Waals surface area contributed by atoms with Gasteiger partial charge in [0.25, 0.3) is 5.91 Å². The molecule has 23 heavy (non-hydrogen) atoms.